The smallest absolute Gasteiger partial charge is 0.286 e. The maximum Gasteiger partial charge on any atom is 0.286 e. The number of carbonyl (C=O) groups excluding carboxylic acids is 1. The highest BCUT2D eigenvalue weighted by Gasteiger charge is 2.20. The van der Waals surface area contributed by atoms with Crippen LogP contribution in [0.2, 0.25) is 5.02 Å². The summed E-state index contributed by atoms with van der Waals surface area (Å²) < 4.78 is 10.6. The zero-order valence-electron chi connectivity index (χ0n) is 11.1. The molecule has 0 unspecified atom stereocenters. The number of thioether (sulfide) groups is 1. The second-order valence-electron chi connectivity index (χ2n) is 3.89. The molecule has 2 N–H and O–H groups in total. The summed E-state index contributed by atoms with van der Waals surface area (Å²) in [5.74, 6) is 2.77. The van der Waals surface area contributed by atoms with E-state index in [-0.39, 0.29) is 17.7 Å². The quantitative estimate of drug-likeness (QED) is 0.680. The van der Waals surface area contributed by atoms with Crippen LogP contribution in [0.4, 0.5) is 0 Å². The van der Waals surface area contributed by atoms with Gasteiger partial charge in [0.15, 0.2) is 16.7 Å². The van der Waals surface area contributed by atoms with Crippen molar-refractivity contribution >= 4 is 40.5 Å². The number of amidine groups is 1. The standard InChI is InChI=1S/C14H11ClN2O3S/c1-3-4-20-12-9(15)5-8(6-10(12)19-2)7-11-13(18)17-14(16)21-11/h1,5-7H,4H2,2H3,(H2,16,17,18). The highest BCUT2D eigenvalue weighted by Crippen LogP contribution is 2.38. The van der Waals surface area contributed by atoms with Gasteiger partial charge in [0.1, 0.15) is 6.61 Å². The molecular formula is C14H11ClN2O3S. The van der Waals surface area contributed by atoms with Crippen molar-refractivity contribution in [2.45, 2.75) is 0 Å². The van der Waals surface area contributed by atoms with E-state index in [0.717, 1.165) is 11.8 Å². The van der Waals surface area contributed by atoms with Crippen molar-refractivity contribution in [3.05, 3.63) is 27.6 Å². The van der Waals surface area contributed by atoms with Crippen LogP contribution in [0.25, 0.3) is 6.08 Å². The highest BCUT2D eigenvalue weighted by atomic mass is 35.5. The molecule has 0 atom stereocenters. The van der Waals surface area contributed by atoms with Gasteiger partial charge >= 0.3 is 0 Å². The summed E-state index contributed by atoms with van der Waals surface area (Å²) in [6, 6.07) is 3.33. The molecule has 0 radical (unpaired) electrons. The fourth-order valence-corrected chi connectivity index (χ4v) is 2.61. The Kier molecular flexibility index (Phi) is 4.78. The maximum atomic E-state index is 11.6. The zero-order valence-corrected chi connectivity index (χ0v) is 12.6. The van der Waals surface area contributed by atoms with Crippen LogP contribution in [0.3, 0.4) is 0 Å². The van der Waals surface area contributed by atoms with E-state index in [4.69, 9.17) is 33.2 Å². The molecule has 1 aliphatic heterocycles. The van der Waals surface area contributed by atoms with Gasteiger partial charge in [0.2, 0.25) is 0 Å². The Bertz CT molecular complexity index is 692. The third-order valence-electron chi connectivity index (χ3n) is 2.49. The van der Waals surface area contributed by atoms with Crippen molar-refractivity contribution in [1.29, 1.82) is 0 Å². The lowest BCUT2D eigenvalue weighted by molar-refractivity contribution is -0.113. The second kappa shape index (κ2) is 6.57. The van der Waals surface area contributed by atoms with Gasteiger partial charge in [0.05, 0.1) is 17.0 Å². The first-order valence-electron chi connectivity index (χ1n) is 5.77. The third-order valence-corrected chi connectivity index (χ3v) is 3.58. The van der Waals surface area contributed by atoms with Crippen LogP contribution in [0, 0.1) is 12.3 Å². The lowest BCUT2D eigenvalue weighted by Crippen LogP contribution is -2.01. The van der Waals surface area contributed by atoms with Gasteiger partial charge < -0.3 is 15.2 Å². The maximum absolute atomic E-state index is 11.6. The number of rotatable bonds is 4. The number of amides is 1. The van der Waals surface area contributed by atoms with Crippen molar-refractivity contribution in [3.8, 4) is 23.8 Å². The van der Waals surface area contributed by atoms with Crippen LogP contribution in [-0.4, -0.2) is 24.8 Å². The Hall–Kier alpha value is -2.10. The normalized spacial score (nSPS) is 15.8. The van der Waals surface area contributed by atoms with E-state index in [1.54, 1.807) is 18.2 Å². The van der Waals surface area contributed by atoms with Crippen LogP contribution in [0.5, 0.6) is 11.5 Å². The van der Waals surface area contributed by atoms with E-state index in [1.807, 2.05) is 0 Å². The number of nitrogens with two attached hydrogens (primary N) is 1. The van der Waals surface area contributed by atoms with Gasteiger partial charge in [-0.3, -0.25) is 4.79 Å². The van der Waals surface area contributed by atoms with Gasteiger partial charge in [-0.2, -0.15) is 4.99 Å². The molecule has 0 fully saturated rings. The highest BCUT2D eigenvalue weighted by molar-refractivity contribution is 8.18. The van der Waals surface area contributed by atoms with E-state index in [9.17, 15) is 4.79 Å². The fraction of sp³-hybridized carbons (Fsp3) is 0.143. The van der Waals surface area contributed by atoms with E-state index in [1.165, 1.54) is 7.11 Å². The Morgan fingerprint density at radius 3 is 2.90 bits per heavy atom. The number of halogens is 1. The van der Waals surface area contributed by atoms with Gasteiger partial charge in [-0.1, -0.05) is 17.5 Å². The first-order valence-corrected chi connectivity index (χ1v) is 6.96. The molecule has 0 aromatic heterocycles. The van der Waals surface area contributed by atoms with Crippen molar-refractivity contribution in [1.82, 2.24) is 0 Å². The number of aliphatic imine (C=N–C) groups is 1. The molecule has 0 bridgehead atoms. The number of carbonyl (C=O) groups is 1. The van der Waals surface area contributed by atoms with Crippen molar-refractivity contribution in [3.63, 3.8) is 0 Å². The lowest BCUT2D eigenvalue weighted by atomic mass is 10.2. The minimum Gasteiger partial charge on any atom is -0.493 e. The van der Waals surface area contributed by atoms with Crippen molar-refractivity contribution < 1.29 is 14.3 Å². The first-order chi connectivity index (χ1) is 10.0. The van der Waals surface area contributed by atoms with Gasteiger partial charge in [0.25, 0.3) is 5.91 Å². The van der Waals surface area contributed by atoms with Gasteiger partial charge in [-0.15, -0.1) is 6.42 Å². The average molecular weight is 323 g/mol. The minimum absolute atomic E-state index is 0.0786. The number of ether oxygens (including phenoxy) is 2. The Morgan fingerprint density at radius 2 is 2.33 bits per heavy atom. The number of terminal acetylenes is 1. The third kappa shape index (κ3) is 3.51. The van der Waals surface area contributed by atoms with Crippen molar-refractivity contribution in [2.75, 3.05) is 13.7 Å². The molecule has 108 valence electrons. The summed E-state index contributed by atoms with van der Waals surface area (Å²) in [6.07, 6.45) is 6.79. The number of nitrogens with zero attached hydrogens (tertiary/aromatic N) is 1. The largest absolute Gasteiger partial charge is 0.493 e. The monoisotopic (exact) mass is 322 g/mol. The molecule has 21 heavy (non-hydrogen) atoms. The zero-order chi connectivity index (χ0) is 15.4. The number of benzene rings is 1. The van der Waals surface area contributed by atoms with Gasteiger partial charge in [-0.25, -0.2) is 0 Å². The van der Waals surface area contributed by atoms with Crippen LogP contribution >= 0.6 is 23.4 Å². The van der Waals surface area contributed by atoms with Crippen LogP contribution in [0.1, 0.15) is 5.56 Å². The van der Waals surface area contributed by atoms with E-state index < -0.39 is 0 Å². The first kappa shape index (κ1) is 15.3. The molecule has 0 spiro atoms. The molecule has 0 saturated carbocycles. The molecule has 7 heteroatoms. The summed E-state index contributed by atoms with van der Waals surface area (Å²) in [7, 11) is 1.49. The van der Waals surface area contributed by atoms with E-state index in [2.05, 4.69) is 10.9 Å². The molecule has 0 aliphatic carbocycles. The number of hydrogen-bond donors (Lipinski definition) is 1. The average Bonchev–Trinajstić information content (AvgIpc) is 2.75. The van der Waals surface area contributed by atoms with Crippen LogP contribution in [0.15, 0.2) is 22.0 Å². The Morgan fingerprint density at radius 1 is 1.57 bits per heavy atom. The van der Waals surface area contributed by atoms with E-state index >= 15 is 0 Å². The molecule has 0 saturated heterocycles. The lowest BCUT2D eigenvalue weighted by Gasteiger charge is -2.11. The van der Waals surface area contributed by atoms with Crippen LogP contribution < -0.4 is 15.2 Å². The Balaban J connectivity index is 2.35. The summed E-state index contributed by atoms with van der Waals surface area (Å²) >= 11 is 7.26. The van der Waals surface area contributed by atoms with Crippen LogP contribution in [-0.2, 0) is 4.79 Å². The molecule has 1 aromatic carbocycles. The topological polar surface area (TPSA) is 73.9 Å². The second-order valence-corrected chi connectivity index (χ2v) is 5.36. The summed E-state index contributed by atoms with van der Waals surface area (Å²) in [4.78, 5) is 15.6. The Labute approximate surface area is 131 Å². The van der Waals surface area contributed by atoms with Crippen molar-refractivity contribution in [2.24, 2.45) is 10.7 Å². The fourth-order valence-electron chi connectivity index (χ4n) is 1.65. The molecule has 1 amide bonds. The molecule has 2 rings (SSSR count). The molecule has 5 nitrogen and oxygen atoms in total. The molecule has 1 heterocycles. The molecule has 1 aromatic rings. The molecular weight excluding hydrogens is 312 g/mol. The van der Waals surface area contributed by atoms with E-state index in [0.29, 0.717) is 27.0 Å². The predicted molar refractivity (Wildman–Crippen MR) is 84.5 cm³/mol. The number of methoxy groups -OCH3 is 1. The summed E-state index contributed by atoms with van der Waals surface area (Å²) in [6.45, 7) is 0.0786. The summed E-state index contributed by atoms with van der Waals surface area (Å²) in [5, 5.41) is 0.555. The van der Waals surface area contributed by atoms with Gasteiger partial charge in [-0.05, 0) is 35.5 Å². The summed E-state index contributed by atoms with van der Waals surface area (Å²) in [5.41, 5.74) is 6.17. The number of hydrogen-bond acceptors (Lipinski definition) is 5. The predicted octanol–water partition coefficient (Wildman–Crippen LogP) is 2.29. The SMILES string of the molecule is C#CCOc1c(Cl)cc(C=C2SC(N)=NC2=O)cc1OC. The molecule has 1 aliphatic rings. The minimum atomic E-state index is -0.375. The van der Waals surface area contributed by atoms with Gasteiger partial charge in [0, 0.05) is 0 Å².